The number of benzene rings is 1. The molecule has 0 bridgehead atoms. The van der Waals surface area contributed by atoms with Crippen molar-refractivity contribution in [1.29, 1.82) is 0 Å². The number of furan rings is 1. The smallest absolute Gasteiger partial charge is 0.326 e. The largest absolute Gasteiger partial charge is 0.465 e. The summed E-state index contributed by atoms with van der Waals surface area (Å²) in [6, 6.07) is 6.43. The van der Waals surface area contributed by atoms with Crippen molar-refractivity contribution in [2.45, 2.75) is 20.8 Å². The second kappa shape index (κ2) is 8.54. The summed E-state index contributed by atoms with van der Waals surface area (Å²) in [6.07, 6.45) is 1.40. The number of imide groups is 1. The molecule has 1 aliphatic rings. The molecule has 0 unspecified atom stereocenters. The second-order valence-electron chi connectivity index (χ2n) is 6.47. The Balaban J connectivity index is 1.84. The Morgan fingerprint density at radius 3 is 2.70 bits per heavy atom. The van der Waals surface area contributed by atoms with Crippen molar-refractivity contribution in [3.8, 4) is 11.3 Å². The van der Waals surface area contributed by atoms with Crippen LogP contribution < -0.4 is 0 Å². The van der Waals surface area contributed by atoms with Gasteiger partial charge in [0.05, 0.1) is 16.4 Å². The van der Waals surface area contributed by atoms with Gasteiger partial charge in [-0.1, -0.05) is 0 Å². The molecule has 0 radical (unpaired) electrons. The Hall–Kier alpha value is -3.40. The maximum absolute atomic E-state index is 12.4. The first kappa shape index (κ1) is 21.3. The third-order valence-corrected chi connectivity index (χ3v) is 5.39. The second-order valence-corrected chi connectivity index (χ2v) is 7.46. The number of hydrogen-bond acceptors (Lipinski definition) is 8. The summed E-state index contributed by atoms with van der Waals surface area (Å²) in [5.41, 5.74) is 1.84. The lowest BCUT2D eigenvalue weighted by Gasteiger charge is -2.10. The molecule has 1 aliphatic heterocycles. The van der Waals surface area contributed by atoms with E-state index < -0.39 is 28.6 Å². The van der Waals surface area contributed by atoms with Gasteiger partial charge in [-0.3, -0.25) is 29.4 Å². The predicted octanol–water partition coefficient (Wildman–Crippen LogP) is 4.07. The average Bonchev–Trinajstić information content (AvgIpc) is 3.24. The van der Waals surface area contributed by atoms with Crippen LogP contribution in [-0.2, 0) is 14.3 Å². The summed E-state index contributed by atoms with van der Waals surface area (Å²) in [5, 5.41) is 10.7. The normalized spacial score (nSPS) is 15.2. The molecule has 10 heteroatoms. The van der Waals surface area contributed by atoms with E-state index in [1.165, 1.54) is 12.1 Å². The number of amides is 2. The topological polar surface area (TPSA) is 120 Å². The van der Waals surface area contributed by atoms with Gasteiger partial charge in [-0.25, -0.2) is 0 Å². The Labute approximate surface area is 175 Å². The molecule has 0 spiro atoms. The molecule has 3 rings (SSSR count). The maximum Gasteiger partial charge on any atom is 0.326 e. The van der Waals surface area contributed by atoms with Gasteiger partial charge in [0.15, 0.2) is 0 Å². The van der Waals surface area contributed by atoms with E-state index >= 15 is 0 Å². The number of nitrogens with zero attached hydrogens (tertiary/aromatic N) is 2. The van der Waals surface area contributed by atoms with Gasteiger partial charge in [0, 0.05) is 23.3 Å². The lowest BCUT2D eigenvalue weighted by atomic mass is 10.0. The molecule has 0 N–H and O–H groups in total. The summed E-state index contributed by atoms with van der Waals surface area (Å²) in [6.45, 7) is 4.78. The van der Waals surface area contributed by atoms with E-state index in [1.807, 2.05) is 0 Å². The maximum atomic E-state index is 12.4. The highest BCUT2D eigenvalue weighted by molar-refractivity contribution is 8.18. The van der Waals surface area contributed by atoms with Gasteiger partial charge in [0.25, 0.3) is 16.8 Å². The van der Waals surface area contributed by atoms with E-state index in [4.69, 9.17) is 9.15 Å². The molecule has 2 heterocycles. The fraction of sp³-hybridized carbons (Fsp3) is 0.250. The van der Waals surface area contributed by atoms with Crippen LogP contribution in [0.4, 0.5) is 10.5 Å². The number of carbonyl (C=O) groups excluding carboxylic acids is 3. The molecule has 0 atom stereocenters. The summed E-state index contributed by atoms with van der Waals surface area (Å²) in [4.78, 5) is 47.8. The minimum absolute atomic E-state index is 0.0111. The first-order valence-corrected chi connectivity index (χ1v) is 9.79. The van der Waals surface area contributed by atoms with Crippen molar-refractivity contribution in [3.63, 3.8) is 0 Å². The molecule has 1 aromatic carbocycles. The highest BCUT2D eigenvalue weighted by Gasteiger charge is 2.36. The van der Waals surface area contributed by atoms with Gasteiger partial charge < -0.3 is 9.15 Å². The zero-order valence-corrected chi connectivity index (χ0v) is 17.3. The molecule has 1 fully saturated rings. The zero-order chi connectivity index (χ0) is 22.0. The van der Waals surface area contributed by atoms with Crippen molar-refractivity contribution in [3.05, 3.63) is 56.2 Å². The molecule has 0 saturated carbocycles. The summed E-state index contributed by atoms with van der Waals surface area (Å²) >= 11 is 0.694. The monoisotopic (exact) mass is 430 g/mol. The molecular weight excluding hydrogens is 412 g/mol. The van der Waals surface area contributed by atoms with E-state index in [1.54, 1.807) is 39.0 Å². The number of thioether (sulfide) groups is 1. The number of nitro groups is 1. The average molecular weight is 430 g/mol. The van der Waals surface area contributed by atoms with Gasteiger partial charge in [-0.2, -0.15) is 0 Å². The fourth-order valence-electron chi connectivity index (χ4n) is 2.86. The molecule has 30 heavy (non-hydrogen) atoms. The van der Waals surface area contributed by atoms with Gasteiger partial charge in [-0.05, 0) is 56.3 Å². The van der Waals surface area contributed by atoms with Crippen LogP contribution in [0.5, 0.6) is 0 Å². The number of rotatable bonds is 6. The number of carbonyl (C=O) groups is 3. The van der Waals surface area contributed by atoms with Gasteiger partial charge in [-0.15, -0.1) is 0 Å². The van der Waals surface area contributed by atoms with Crippen molar-refractivity contribution < 1.29 is 28.5 Å². The highest BCUT2D eigenvalue weighted by Crippen LogP contribution is 2.34. The first-order chi connectivity index (χ1) is 14.2. The molecule has 2 aromatic rings. The van der Waals surface area contributed by atoms with Crippen LogP contribution in [-0.4, -0.2) is 40.1 Å². The van der Waals surface area contributed by atoms with Crippen LogP contribution in [0.2, 0.25) is 0 Å². The quantitative estimate of drug-likeness (QED) is 0.291. The number of hydrogen-bond donors (Lipinski definition) is 0. The third kappa shape index (κ3) is 4.28. The van der Waals surface area contributed by atoms with E-state index in [0.717, 1.165) is 10.5 Å². The Bertz CT molecular complexity index is 1090. The van der Waals surface area contributed by atoms with Gasteiger partial charge in [0.1, 0.15) is 18.1 Å². The number of esters is 1. The van der Waals surface area contributed by atoms with E-state index in [2.05, 4.69) is 0 Å². The van der Waals surface area contributed by atoms with Crippen LogP contribution >= 0.6 is 11.8 Å². The molecule has 156 valence electrons. The van der Waals surface area contributed by atoms with Crippen LogP contribution in [0, 0.1) is 24.0 Å². The number of nitro benzene ring substituents is 1. The summed E-state index contributed by atoms with van der Waals surface area (Å²) in [5.74, 6) is -0.596. The van der Waals surface area contributed by atoms with Crippen LogP contribution in [0.25, 0.3) is 17.4 Å². The minimum Gasteiger partial charge on any atom is -0.465 e. The number of aryl methyl sites for hydroxylation is 1. The lowest BCUT2D eigenvalue weighted by Crippen LogP contribution is -2.34. The fourth-order valence-corrected chi connectivity index (χ4v) is 3.68. The van der Waals surface area contributed by atoms with Gasteiger partial charge in [0.2, 0.25) is 0 Å². The molecule has 9 nitrogen and oxygen atoms in total. The van der Waals surface area contributed by atoms with Crippen molar-refractivity contribution in [2.75, 3.05) is 13.2 Å². The van der Waals surface area contributed by atoms with Gasteiger partial charge >= 0.3 is 5.97 Å². The van der Waals surface area contributed by atoms with Crippen molar-refractivity contribution in [1.82, 2.24) is 4.90 Å². The third-order valence-electron chi connectivity index (χ3n) is 4.49. The summed E-state index contributed by atoms with van der Waals surface area (Å²) in [7, 11) is 0. The molecule has 1 aromatic heterocycles. The molecular formula is C20H18N2O7S. The Morgan fingerprint density at radius 1 is 1.30 bits per heavy atom. The Kier molecular flexibility index (Phi) is 6.06. The first-order valence-electron chi connectivity index (χ1n) is 8.98. The number of ether oxygens (including phenoxy) is 1. The van der Waals surface area contributed by atoms with E-state index in [0.29, 0.717) is 34.4 Å². The molecule has 2 amide bonds. The molecule has 0 aliphatic carbocycles. The predicted molar refractivity (Wildman–Crippen MR) is 110 cm³/mol. The highest BCUT2D eigenvalue weighted by atomic mass is 32.2. The SMILES string of the molecule is CCOC(=O)CN1C(=O)S/C(=C\c2ccc(-c3cc(C)c(C)c([N+](=O)[O-])c3)o2)C1=O. The summed E-state index contributed by atoms with van der Waals surface area (Å²) < 4.78 is 10.5. The minimum atomic E-state index is -0.669. The van der Waals surface area contributed by atoms with E-state index in [9.17, 15) is 24.5 Å². The molecule has 1 saturated heterocycles. The van der Waals surface area contributed by atoms with Crippen molar-refractivity contribution in [2.24, 2.45) is 0 Å². The van der Waals surface area contributed by atoms with E-state index in [-0.39, 0.29) is 17.2 Å². The van der Waals surface area contributed by atoms with Crippen LogP contribution in [0.3, 0.4) is 0 Å². The van der Waals surface area contributed by atoms with Crippen LogP contribution in [0.1, 0.15) is 23.8 Å². The van der Waals surface area contributed by atoms with Crippen molar-refractivity contribution >= 4 is 40.6 Å². The Morgan fingerprint density at radius 2 is 2.03 bits per heavy atom. The van der Waals surface area contributed by atoms with Crippen LogP contribution in [0.15, 0.2) is 33.6 Å². The lowest BCUT2D eigenvalue weighted by molar-refractivity contribution is -0.385. The standard InChI is InChI=1S/C20H18N2O7S/c1-4-28-18(23)10-21-19(24)17(30-20(21)25)9-14-5-6-16(29-14)13-7-11(2)12(3)15(8-13)22(26)27/h5-9H,4,10H2,1-3H3/b17-9-. The zero-order valence-electron chi connectivity index (χ0n) is 16.5.